The van der Waals surface area contributed by atoms with E-state index in [1.807, 2.05) is 6.08 Å². The van der Waals surface area contributed by atoms with E-state index in [1.54, 1.807) is 0 Å². The molecule has 0 atom stereocenters. The molecule has 1 fully saturated rings. The van der Waals surface area contributed by atoms with Crippen molar-refractivity contribution in [3.8, 4) is 0 Å². The predicted molar refractivity (Wildman–Crippen MR) is 60.2 cm³/mol. The van der Waals surface area contributed by atoms with E-state index in [9.17, 15) is 4.79 Å². The van der Waals surface area contributed by atoms with Crippen molar-refractivity contribution >= 4 is 5.78 Å². The van der Waals surface area contributed by atoms with E-state index in [1.165, 1.54) is 38.5 Å². The average molecular weight is 194 g/mol. The summed E-state index contributed by atoms with van der Waals surface area (Å²) in [6.07, 6.45) is 13.4. The Bertz CT molecular complexity index is 187. The number of unbranched alkanes of at least 4 members (excludes halogenated alkanes) is 2. The molecular formula is C13H22O. The zero-order chi connectivity index (χ0) is 10.2. The molecule has 0 N–H and O–H groups in total. The Balaban J connectivity index is 2.12. The molecule has 1 saturated carbocycles. The van der Waals surface area contributed by atoms with Gasteiger partial charge in [0.05, 0.1) is 0 Å². The summed E-state index contributed by atoms with van der Waals surface area (Å²) >= 11 is 0. The quantitative estimate of drug-likeness (QED) is 0.463. The van der Waals surface area contributed by atoms with Crippen molar-refractivity contribution in [3.05, 3.63) is 12.2 Å². The molecule has 1 rings (SSSR count). The number of carbonyl (C=O) groups excluding carboxylic acids is 1. The predicted octanol–water partition coefficient (Wildman–Crippen LogP) is 3.88. The molecule has 0 saturated heterocycles. The van der Waals surface area contributed by atoms with E-state index in [-0.39, 0.29) is 0 Å². The molecule has 1 heteroatoms. The number of allylic oxidation sites excluding steroid dienone is 2. The maximum absolute atomic E-state index is 11.4. The van der Waals surface area contributed by atoms with Gasteiger partial charge in [-0.25, -0.2) is 0 Å². The lowest BCUT2D eigenvalue weighted by molar-refractivity contribution is -0.114. The molecule has 0 amide bonds. The first-order valence-corrected chi connectivity index (χ1v) is 6.04. The van der Waals surface area contributed by atoms with E-state index in [2.05, 4.69) is 13.0 Å². The molecule has 0 aliphatic heterocycles. The summed E-state index contributed by atoms with van der Waals surface area (Å²) < 4.78 is 0. The van der Waals surface area contributed by atoms with Crippen molar-refractivity contribution in [2.45, 2.75) is 58.3 Å². The number of rotatable bonds is 6. The smallest absolute Gasteiger partial charge is 0.155 e. The zero-order valence-electron chi connectivity index (χ0n) is 9.30. The van der Waals surface area contributed by atoms with Crippen LogP contribution >= 0.6 is 0 Å². The van der Waals surface area contributed by atoms with E-state index >= 15 is 0 Å². The Morgan fingerprint density at radius 3 is 2.64 bits per heavy atom. The number of hydrogen-bond donors (Lipinski definition) is 0. The lowest BCUT2D eigenvalue weighted by atomic mass is 10.1. The summed E-state index contributed by atoms with van der Waals surface area (Å²) in [5, 5.41) is 0. The Hall–Kier alpha value is -0.590. The number of carbonyl (C=O) groups is 1. The first kappa shape index (κ1) is 11.5. The second-order valence-corrected chi connectivity index (χ2v) is 4.33. The highest BCUT2D eigenvalue weighted by atomic mass is 16.1. The Morgan fingerprint density at radius 2 is 2.00 bits per heavy atom. The van der Waals surface area contributed by atoms with Crippen LogP contribution in [-0.4, -0.2) is 5.78 Å². The van der Waals surface area contributed by atoms with Gasteiger partial charge >= 0.3 is 0 Å². The molecule has 0 radical (unpaired) electrons. The number of hydrogen-bond acceptors (Lipinski definition) is 1. The molecular weight excluding hydrogens is 172 g/mol. The van der Waals surface area contributed by atoms with Gasteiger partial charge in [-0.05, 0) is 31.3 Å². The maximum Gasteiger partial charge on any atom is 0.155 e. The van der Waals surface area contributed by atoms with Crippen LogP contribution in [0.5, 0.6) is 0 Å². The van der Waals surface area contributed by atoms with Crippen molar-refractivity contribution in [1.29, 1.82) is 0 Å². The SMILES string of the molecule is CCCCCC(=O)/C=C/C1CCCC1. The van der Waals surface area contributed by atoms with E-state index < -0.39 is 0 Å². The summed E-state index contributed by atoms with van der Waals surface area (Å²) in [6.45, 7) is 2.17. The first-order valence-electron chi connectivity index (χ1n) is 6.04. The highest BCUT2D eigenvalue weighted by molar-refractivity contribution is 5.89. The van der Waals surface area contributed by atoms with Gasteiger partial charge in [-0.15, -0.1) is 0 Å². The molecule has 0 aromatic rings. The van der Waals surface area contributed by atoms with E-state index in [0.717, 1.165) is 12.8 Å². The maximum atomic E-state index is 11.4. The standard InChI is InChI=1S/C13H22O/c1-2-3-4-9-13(14)11-10-12-7-5-6-8-12/h10-12H,2-9H2,1H3/b11-10+. The fraction of sp³-hybridized carbons (Fsp3) is 0.769. The lowest BCUT2D eigenvalue weighted by Crippen LogP contribution is -1.94. The summed E-state index contributed by atoms with van der Waals surface area (Å²) in [6, 6.07) is 0. The van der Waals surface area contributed by atoms with Crippen LogP contribution in [-0.2, 0) is 4.79 Å². The van der Waals surface area contributed by atoms with Gasteiger partial charge < -0.3 is 0 Å². The van der Waals surface area contributed by atoms with Crippen LogP contribution < -0.4 is 0 Å². The molecule has 0 spiro atoms. The Kier molecular flexibility index (Phi) is 5.58. The van der Waals surface area contributed by atoms with E-state index in [0.29, 0.717) is 11.7 Å². The first-order chi connectivity index (χ1) is 6.83. The van der Waals surface area contributed by atoms with Gasteiger partial charge in [0, 0.05) is 6.42 Å². The monoisotopic (exact) mass is 194 g/mol. The van der Waals surface area contributed by atoms with Gasteiger partial charge in [-0.2, -0.15) is 0 Å². The van der Waals surface area contributed by atoms with Crippen molar-refractivity contribution in [2.24, 2.45) is 5.92 Å². The van der Waals surface area contributed by atoms with Crippen LogP contribution in [0, 0.1) is 5.92 Å². The summed E-state index contributed by atoms with van der Waals surface area (Å²) in [4.78, 5) is 11.4. The molecule has 0 heterocycles. The second-order valence-electron chi connectivity index (χ2n) is 4.33. The molecule has 0 bridgehead atoms. The van der Waals surface area contributed by atoms with Gasteiger partial charge in [0.1, 0.15) is 0 Å². The highest BCUT2D eigenvalue weighted by Crippen LogP contribution is 2.25. The minimum Gasteiger partial charge on any atom is -0.295 e. The van der Waals surface area contributed by atoms with Crippen molar-refractivity contribution in [1.82, 2.24) is 0 Å². The van der Waals surface area contributed by atoms with Crippen LogP contribution in [0.15, 0.2) is 12.2 Å². The van der Waals surface area contributed by atoms with Crippen LogP contribution in [0.3, 0.4) is 0 Å². The molecule has 0 aromatic carbocycles. The van der Waals surface area contributed by atoms with Gasteiger partial charge in [0.15, 0.2) is 5.78 Å². The summed E-state index contributed by atoms with van der Waals surface area (Å²) in [7, 11) is 0. The summed E-state index contributed by atoms with van der Waals surface area (Å²) in [5.41, 5.74) is 0. The average Bonchev–Trinajstić information content (AvgIpc) is 2.68. The molecule has 1 aliphatic carbocycles. The van der Waals surface area contributed by atoms with E-state index in [4.69, 9.17) is 0 Å². The molecule has 14 heavy (non-hydrogen) atoms. The highest BCUT2D eigenvalue weighted by Gasteiger charge is 2.11. The fourth-order valence-corrected chi connectivity index (χ4v) is 2.03. The minimum atomic E-state index is 0.324. The molecule has 80 valence electrons. The Morgan fingerprint density at radius 1 is 1.29 bits per heavy atom. The van der Waals surface area contributed by atoms with Gasteiger partial charge in [0.25, 0.3) is 0 Å². The van der Waals surface area contributed by atoms with Gasteiger partial charge in [-0.1, -0.05) is 38.7 Å². The fourth-order valence-electron chi connectivity index (χ4n) is 2.03. The van der Waals surface area contributed by atoms with Gasteiger partial charge in [0.2, 0.25) is 0 Å². The molecule has 0 aromatic heterocycles. The third-order valence-electron chi connectivity index (χ3n) is 2.98. The lowest BCUT2D eigenvalue weighted by Gasteiger charge is -1.99. The molecule has 0 unspecified atom stereocenters. The third-order valence-corrected chi connectivity index (χ3v) is 2.98. The zero-order valence-corrected chi connectivity index (χ0v) is 9.30. The normalized spacial score (nSPS) is 18.1. The van der Waals surface area contributed by atoms with Gasteiger partial charge in [-0.3, -0.25) is 4.79 Å². The summed E-state index contributed by atoms with van der Waals surface area (Å²) in [5.74, 6) is 1.02. The van der Waals surface area contributed by atoms with Crippen LogP contribution in [0.25, 0.3) is 0 Å². The molecule has 1 aliphatic rings. The van der Waals surface area contributed by atoms with Crippen molar-refractivity contribution in [2.75, 3.05) is 0 Å². The molecule has 1 nitrogen and oxygen atoms in total. The third kappa shape index (κ3) is 4.59. The van der Waals surface area contributed by atoms with Crippen LogP contribution in [0.2, 0.25) is 0 Å². The van der Waals surface area contributed by atoms with Crippen molar-refractivity contribution in [3.63, 3.8) is 0 Å². The number of ketones is 1. The minimum absolute atomic E-state index is 0.324. The second kappa shape index (κ2) is 6.80. The Labute approximate surface area is 87.6 Å². The van der Waals surface area contributed by atoms with Crippen LogP contribution in [0.1, 0.15) is 58.3 Å². The topological polar surface area (TPSA) is 17.1 Å². The van der Waals surface area contributed by atoms with Crippen molar-refractivity contribution < 1.29 is 4.79 Å². The van der Waals surface area contributed by atoms with Crippen LogP contribution in [0.4, 0.5) is 0 Å². The largest absolute Gasteiger partial charge is 0.295 e.